The number of aryl methyl sites for hydroxylation is 3. The van der Waals surface area contributed by atoms with Gasteiger partial charge in [-0.25, -0.2) is 0 Å². The smallest absolute Gasteiger partial charge is 0.277 e. The van der Waals surface area contributed by atoms with Crippen LogP contribution in [0.1, 0.15) is 41.3 Å². The molecule has 0 unspecified atom stereocenters. The molecule has 1 N–H and O–H groups in total. The Labute approximate surface area is 133 Å². The maximum atomic E-state index is 12.1. The van der Waals surface area contributed by atoms with E-state index in [0.29, 0.717) is 17.0 Å². The van der Waals surface area contributed by atoms with Gasteiger partial charge in [-0.15, -0.1) is 10.2 Å². The molecule has 1 saturated carbocycles. The molecule has 1 aromatic heterocycles. The zero-order chi connectivity index (χ0) is 15.7. The molecular formula is C16H19N3O2S. The minimum atomic E-state index is -0.0637. The van der Waals surface area contributed by atoms with Crippen molar-refractivity contribution in [3.63, 3.8) is 0 Å². The number of hydrogen-bond donors (Lipinski definition) is 1. The molecular weight excluding hydrogens is 298 g/mol. The van der Waals surface area contributed by atoms with Gasteiger partial charge in [0.1, 0.15) is 0 Å². The highest BCUT2D eigenvalue weighted by Crippen LogP contribution is 2.39. The topological polar surface area (TPSA) is 68.0 Å². The van der Waals surface area contributed by atoms with Gasteiger partial charge < -0.3 is 9.73 Å². The predicted octanol–water partition coefficient (Wildman–Crippen LogP) is 3.60. The minimum absolute atomic E-state index is 0.0637. The van der Waals surface area contributed by atoms with Gasteiger partial charge in [0.2, 0.25) is 11.8 Å². The number of thioether (sulfide) groups is 1. The van der Waals surface area contributed by atoms with E-state index < -0.39 is 0 Å². The standard InChI is InChI=1S/C16H19N3O2S/c1-9-6-10(2)14(11(3)7-9)17-13(20)8-22-16-19-18-15(21-16)12-4-5-12/h6-7,12H,4-5,8H2,1-3H3,(H,17,20). The Morgan fingerprint density at radius 3 is 2.59 bits per heavy atom. The van der Waals surface area contributed by atoms with E-state index in [1.165, 1.54) is 17.3 Å². The first kappa shape index (κ1) is 15.1. The molecule has 1 aliphatic rings. The van der Waals surface area contributed by atoms with Crippen LogP contribution in [0.4, 0.5) is 5.69 Å². The normalized spacial score (nSPS) is 14.1. The fraction of sp³-hybridized carbons (Fsp3) is 0.438. The zero-order valence-electron chi connectivity index (χ0n) is 13.0. The minimum Gasteiger partial charge on any atom is -0.416 e. The summed E-state index contributed by atoms with van der Waals surface area (Å²) in [7, 11) is 0. The molecule has 1 amide bonds. The lowest BCUT2D eigenvalue weighted by Gasteiger charge is -2.12. The van der Waals surface area contributed by atoms with Gasteiger partial charge in [0.15, 0.2) is 0 Å². The molecule has 0 spiro atoms. The number of anilines is 1. The average Bonchev–Trinajstić information content (AvgIpc) is 3.20. The third kappa shape index (κ3) is 3.50. The van der Waals surface area contributed by atoms with Crippen molar-refractivity contribution < 1.29 is 9.21 Å². The number of amides is 1. The first-order chi connectivity index (χ1) is 10.5. The molecule has 22 heavy (non-hydrogen) atoms. The van der Waals surface area contributed by atoms with Gasteiger partial charge in [-0.2, -0.15) is 0 Å². The Bertz CT molecular complexity index is 684. The van der Waals surface area contributed by atoms with Gasteiger partial charge in [0, 0.05) is 11.6 Å². The quantitative estimate of drug-likeness (QED) is 0.853. The van der Waals surface area contributed by atoms with Crippen LogP contribution in [0.25, 0.3) is 0 Å². The summed E-state index contributed by atoms with van der Waals surface area (Å²) in [6.45, 7) is 6.06. The Morgan fingerprint density at radius 1 is 1.27 bits per heavy atom. The fourth-order valence-corrected chi connectivity index (χ4v) is 3.02. The Hall–Kier alpha value is -1.82. The van der Waals surface area contributed by atoms with Crippen LogP contribution >= 0.6 is 11.8 Å². The predicted molar refractivity (Wildman–Crippen MR) is 86.3 cm³/mol. The second kappa shape index (κ2) is 6.12. The lowest BCUT2D eigenvalue weighted by Crippen LogP contribution is -2.15. The van der Waals surface area contributed by atoms with Crippen LogP contribution in [0.3, 0.4) is 0 Å². The summed E-state index contributed by atoms with van der Waals surface area (Å²) in [5, 5.41) is 11.4. The first-order valence-electron chi connectivity index (χ1n) is 7.37. The highest BCUT2D eigenvalue weighted by Gasteiger charge is 2.29. The van der Waals surface area contributed by atoms with Gasteiger partial charge in [0.25, 0.3) is 5.22 Å². The van der Waals surface area contributed by atoms with E-state index in [1.807, 2.05) is 13.8 Å². The molecule has 1 aromatic carbocycles. The molecule has 116 valence electrons. The molecule has 0 saturated heterocycles. The van der Waals surface area contributed by atoms with Crippen molar-refractivity contribution in [1.29, 1.82) is 0 Å². The largest absolute Gasteiger partial charge is 0.416 e. The molecule has 0 bridgehead atoms. The summed E-state index contributed by atoms with van der Waals surface area (Å²) >= 11 is 1.28. The zero-order valence-corrected chi connectivity index (χ0v) is 13.8. The molecule has 5 nitrogen and oxygen atoms in total. The highest BCUT2D eigenvalue weighted by molar-refractivity contribution is 7.99. The summed E-state index contributed by atoms with van der Waals surface area (Å²) in [4.78, 5) is 12.1. The fourth-order valence-electron chi connectivity index (χ4n) is 2.45. The number of benzene rings is 1. The summed E-state index contributed by atoms with van der Waals surface area (Å²) < 4.78 is 5.53. The molecule has 2 aromatic rings. The lowest BCUT2D eigenvalue weighted by atomic mass is 10.1. The van der Waals surface area contributed by atoms with Gasteiger partial charge >= 0.3 is 0 Å². The number of rotatable bonds is 5. The van der Waals surface area contributed by atoms with Gasteiger partial charge in [-0.3, -0.25) is 4.79 Å². The number of hydrogen-bond acceptors (Lipinski definition) is 5. The maximum Gasteiger partial charge on any atom is 0.277 e. The Balaban J connectivity index is 1.58. The average molecular weight is 317 g/mol. The lowest BCUT2D eigenvalue weighted by molar-refractivity contribution is -0.113. The number of carbonyl (C=O) groups is 1. The molecule has 1 aliphatic carbocycles. The van der Waals surface area contributed by atoms with E-state index in [0.717, 1.165) is 29.7 Å². The number of nitrogens with one attached hydrogen (secondary N) is 1. The number of nitrogens with zero attached hydrogens (tertiary/aromatic N) is 2. The van der Waals surface area contributed by atoms with Crippen LogP contribution in [0, 0.1) is 20.8 Å². The monoisotopic (exact) mass is 317 g/mol. The second-order valence-electron chi connectivity index (χ2n) is 5.79. The molecule has 0 radical (unpaired) electrons. The molecule has 3 rings (SSSR count). The van der Waals surface area contributed by atoms with Crippen molar-refractivity contribution in [3.8, 4) is 0 Å². The number of aromatic nitrogens is 2. The van der Waals surface area contributed by atoms with Crippen molar-refractivity contribution in [2.75, 3.05) is 11.1 Å². The molecule has 6 heteroatoms. The van der Waals surface area contributed by atoms with Crippen LogP contribution in [0.5, 0.6) is 0 Å². The van der Waals surface area contributed by atoms with Crippen LogP contribution in [-0.2, 0) is 4.79 Å². The van der Waals surface area contributed by atoms with Crippen LogP contribution in [0.15, 0.2) is 21.8 Å². The highest BCUT2D eigenvalue weighted by atomic mass is 32.2. The summed E-state index contributed by atoms with van der Waals surface area (Å²) in [6.07, 6.45) is 2.25. The third-order valence-electron chi connectivity index (χ3n) is 3.62. The summed E-state index contributed by atoms with van der Waals surface area (Å²) in [5.74, 6) is 1.34. The van der Waals surface area contributed by atoms with Crippen molar-refractivity contribution in [2.24, 2.45) is 0 Å². The molecule has 0 atom stereocenters. The van der Waals surface area contributed by atoms with Crippen LogP contribution in [0.2, 0.25) is 0 Å². The van der Waals surface area contributed by atoms with Crippen molar-refractivity contribution >= 4 is 23.4 Å². The van der Waals surface area contributed by atoms with Gasteiger partial charge in [-0.05, 0) is 44.7 Å². The van der Waals surface area contributed by atoms with Crippen molar-refractivity contribution in [1.82, 2.24) is 10.2 Å². The van der Waals surface area contributed by atoms with E-state index in [1.54, 1.807) is 0 Å². The first-order valence-corrected chi connectivity index (χ1v) is 8.35. The summed E-state index contributed by atoms with van der Waals surface area (Å²) in [6, 6.07) is 4.13. The molecule has 1 heterocycles. The van der Waals surface area contributed by atoms with Crippen LogP contribution < -0.4 is 5.32 Å². The maximum absolute atomic E-state index is 12.1. The Morgan fingerprint density at radius 2 is 1.95 bits per heavy atom. The van der Waals surface area contributed by atoms with Gasteiger partial charge in [-0.1, -0.05) is 29.5 Å². The SMILES string of the molecule is Cc1cc(C)c(NC(=O)CSc2nnc(C3CC3)o2)c(C)c1. The van der Waals surface area contributed by atoms with E-state index >= 15 is 0 Å². The van der Waals surface area contributed by atoms with E-state index in [2.05, 4.69) is 34.6 Å². The van der Waals surface area contributed by atoms with Crippen molar-refractivity contribution in [3.05, 3.63) is 34.7 Å². The van der Waals surface area contributed by atoms with Crippen LogP contribution in [-0.4, -0.2) is 21.9 Å². The molecule has 1 fully saturated rings. The second-order valence-corrected chi connectivity index (χ2v) is 6.72. The van der Waals surface area contributed by atoms with E-state index in [4.69, 9.17) is 4.42 Å². The van der Waals surface area contributed by atoms with Gasteiger partial charge in [0.05, 0.1) is 5.75 Å². The Kier molecular flexibility index (Phi) is 4.20. The van der Waals surface area contributed by atoms with Crippen molar-refractivity contribution in [2.45, 2.75) is 44.8 Å². The van der Waals surface area contributed by atoms with E-state index in [9.17, 15) is 4.79 Å². The molecule has 0 aliphatic heterocycles. The number of carbonyl (C=O) groups excluding carboxylic acids is 1. The summed E-state index contributed by atoms with van der Waals surface area (Å²) in [5.41, 5.74) is 4.23. The van der Waals surface area contributed by atoms with E-state index in [-0.39, 0.29) is 11.7 Å². The third-order valence-corrected chi connectivity index (χ3v) is 4.44.